The third-order valence-corrected chi connectivity index (χ3v) is 3.59. The molecule has 0 unspecified atom stereocenters. The van der Waals surface area contributed by atoms with Crippen molar-refractivity contribution >= 4 is 17.6 Å². The Morgan fingerprint density at radius 1 is 1.42 bits per heavy atom. The zero-order valence-corrected chi connectivity index (χ0v) is 11.5. The van der Waals surface area contributed by atoms with Gasteiger partial charge in [0.25, 0.3) is 0 Å². The Morgan fingerprint density at radius 2 is 2.32 bits per heavy atom. The lowest BCUT2D eigenvalue weighted by molar-refractivity contribution is 1.15. The molecule has 2 aromatic rings. The number of rotatable bonds is 6. The average Bonchev–Trinajstić information content (AvgIpc) is 2.85. The second-order valence-electron chi connectivity index (χ2n) is 4.00. The summed E-state index contributed by atoms with van der Waals surface area (Å²) in [4.78, 5) is 11.5. The Kier molecular flexibility index (Phi) is 4.81. The van der Waals surface area contributed by atoms with Crippen molar-refractivity contribution in [2.45, 2.75) is 12.7 Å². The second-order valence-corrected chi connectivity index (χ2v) is 5.10. The number of anilines is 1. The van der Waals surface area contributed by atoms with Gasteiger partial charge in [-0.15, -0.1) is 0 Å². The van der Waals surface area contributed by atoms with Gasteiger partial charge >= 0.3 is 0 Å². The molecular weight excluding hydrogens is 258 g/mol. The fourth-order valence-corrected chi connectivity index (χ4v) is 2.39. The van der Waals surface area contributed by atoms with Crippen molar-refractivity contribution in [1.29, 1.82) is 5.26 Å². The summed E-state index contributed by atoms with van der Waals surface area (Å²) >= 11 is 1.83. The van der Waals surface area contributed by atoms with Crippen LogP contribution in [-0.4, -0.2) is 27.2 Å². The van der Waals surface area contributed by atoms with E-state index in [-0.39, 0.29) is 0 Å². The van der Waals surface area contributed by atoms with E-state index >= 15 is 0 Å². The summed E-state index contributed by atoms with van der Waals surface area (Å²) in [5.41, 5.74) is 2.82. The molecule has 0 aromatic carbocycles. The molecule has 0 bridgehead atoms. The molecule has 0 aliphatic rings. The zero-order chi connectivity index (χ0) is 13.5. The van der Waals surface area contributed by atoms with Gasteiger partial charge in [-0.3, -0.25) is 0 Å². The lowest BCUT2D eigenvalue weighted by Crippen LogP contribution is -2.05. The molecule has 0 atom stereocenters. The van der Waals surface area contributed by atoms with Crippen LogP contribution in [0.5, 0.6) is 0 Å². The molecule has 0 aliphatic heterocycles. The standard InChI is InChI=1S/C13H15N5S/c1-10-12(18-9-17-10)8-19-5-4-15-13-3-2-11(6-14)7-16-13/h2-3,7,9H,4-5,8H2,1H3,(H,15,16)(H,17,18). The molecule has 19 heavy (non-hydrogen) atoms. The Balaban J connectivity index is 1.66. The lowest BCUT2D eigenvalue weighted by atomic mass is 10.3. The number of nitrogens with zero attached hydrogens (tertiary/aromatic N) is 3. The van der Waals surface area contributed by atoms with E-state index in [9.17, 15) is 0 Å². The molecule has 2 aromatic heterocycles. The molecule has 0 saturated heterocycles. The van der Waals surface area contributed by atoms with Crippen LogP contribution in [0, 0.1) is 18.3 Å². The van der Waals surface area contributed by atoms with Gasteiger partial charge in [0.05, 0.1) is 17.6 Å². The van der Waals surface area contributed by atoms with Crippen LogP contribution in [0.3, 0.4) is 0 Å². The van der Waals surface area contributed by atoms with Crippen molar-refractivity contribution in [3.05, 3.63) is 41.6 Å². The monoisotopic (exact) mass is 273 g/mol. The van der Waals surface area contributed by atoms with Crippen LogP contribution >= 0.6 is 11.8 Å². The van der Waals surface area contributed by atoms with Crippen molar-refractivity contribution in [2.24, 2.45) is 0 Å². The first-order valence-corrected chi connectivity index (χ1v) is 7.11. The third kappa shape index (κ3) is 4.00. The Hall–Kier alpha value is -2.00. The van der Waals surface area contributed by atoms with E-state index in [1.54, 1.807) is 18.6 Å². The molecule has 2 N–H and O–H groups in total. The van der Waals surface area contributed by atoms with Crippen LogP contribution in [0.4, 0.5) is 5.82 Å². The molecule has 5 nitrogen and oxygen atoms in total. The molecule has 0 radical (unpaired) electrons. The van der Waals surface area contributed by atoms with Gasteiger partial charge in [-0.2, -0.15) is 17.0 Å². The van der Waals surface area contributed by atoms with E-state index < -0.39 is 0 Å². The summed E-state index contributed by atoms with van der Waals surface area (Å²) in [6, 6.07) is 5.63. The lowest BCUT2D eigenvalue weighted by Gasteiger charge is -2.05. The van der Waals surface area contributed by atoms with Gasteiger partial charge in [0.1, 0.15) is 11.9 Å². The number of nitriles is 1. The van der Waals surface area contributed by atoms with Gasteiger partial charge in [-0.25, -0.2) is 9.97 Å². The minimum Gasteiger partial charge on any atom is -0.369 e. The zero-order valence-electron chi connectivity index (χ0n) is 10.7. The maximum Gasteiger partial charge on any atom is 0.125 e. The van der Waals surface area contributed by atoms with E-state index in [2.05, 4.69) is 20.3 Å². The van der Waals surface area contributed by atoms with E-state index in [1.807, 2.05) is 30.8 Å². The van der Waals surface area contributed by atoms with Crippen LogP contribution in [0.1, 0.15) is 17.0 Å². The third-order valence-electron chi connectivity index (χ3n) is 2.62. The fourth-order valence-electron chi connectivity index (χ4n) is 1.52. The van der Waals surface area contributed by atoms with Gasteiger partial charge < -0.3 is 10.3 Å². The predicted octanol–water partition coefficient (Wildman–Crippen LogP) is 2.33. The highest BCUT2D eigenvalue weighted by molar-refractivity contribution is 7.98. The maximum absolute atomic E-state index is 8.67. The summed E-state index contributed by atoms with van der Waals surface area (Å²) in [6.07, 6.45) is 3.30. The maximum atomic E-state index is 8.67. The van der Waals surface area contributed by atoms with E-state index in [1.165, 1.54) is 0 Å². The van der Waals surface area contributed by atoms with E-state index in [4.69, 9.17) is 5.26 Å². The van der Waals surface area contributed by atoms with Crippen molar-refractivity contribution in [2.75, 3.05) is 17.6 Å². The van der Waals surface area contributed by atoms with Crippen LogP contribution in [-0.2, 0) is 5.75 Å². The Labute approximate surface area is 116 Å². The molecule has 0 saturated carbocycles. The fraction of sp³-hybridized carbons (Fsp3) is 0.308. The first-order chi connectivity index (χ1) is 9.29. The SMILES string of the molecule is Cc1[nH]cnc1CSCCNc1ccc(C#N)cn1. The van der Waals surface area contributed by atoms with Crippen molar-refractivity contribution in [3.8, 4) is 6.07 Å². The average molecular weight is 273 g/mol. The number of nitrogens with one attached hydrogen (secondary N) is 2. The van der Waals surface area contributed by atoms with Crippen LogP contribution < -0.4 is 5.32 Å². The number of imidazole rings is 1. The molecule has 98 valence electrons. The molecule has 2 heterocycles. The van der Waals surface area contributed by atoms with Crippen LogP contribution in [0.15, 0.2) is 24.7 Å². The van der Waals surface area contributed by atoms with Crippen molar-refractivity contribution in [3.63, 3.8) is 0 Å². The normalized spacial score (nSPS) is 10.1. The highest BCUT2D eigenvalue weighted by Crippen LogP contribution is 2.12. The van der Waals surface area contributed by atoms with Gasteiger partial charge in [-0.05, 0) is 19.1 Å². The summed E-state index contributed by atoms with van der Waals surface area (Å²) < 4.78 is 0. The van der Waals surface area contributed by atoms with Crippen LogP contribution in [0.25, 0.3) is 0 Å². The smallest absolute Gasteiger partial charge is 0.125 e. The minimum atomic E-state index is 0.578. The number of thioether (sulfide) groups is 1. The number of pyridine rings is 1. The number of aromatic nitrogens is 3. The van der Waals surface area contributed by atoms with Crippen molar-refractivity contribution in [1.82, 2.24) is 15.0 Å². The molecular formula is C13H15N5S. The van der Waals surface area contributed by atoms with Gasteiger partial charge in [0.2, 0.25) is 0 Å². The molecule has 0 amide bonds. The summed E-state index contributed by atoms with van der Waals surface area (Å²) in [5.74, 6) is 2.70. The summed E-state index contributed by atoms with van der Waals surface area (Å²) in [6.45, 7) is 2.87. The minimum absolute atomic E-state index is 0.578. The predicted molar refractivity (Wildman–Crippen MR) is 76.9 cm³/mol. The second kappa shape index (κ2) is 6.81. The van der Waals surface area contributed by atoms with Gasteiger partial charge in [-0.1, -0.05) is 0 Å². The highest BCUT2D eigenvalue weighted by atomic mass is 32.2. The summed E-state index contributed by atoms with van der Waals surface area (Å²) in [7, 11) is 0. The van der Waals surface area contributed by atoms with Crippen LogP contribution in [0.2, 0.25) is 0 Å². The topological polar surface area (TPSA) is 77.4 Å². The number of H-pyrrole nitrogens is 1. The molecule has 2 rings (SSSR count). The van der Waals surface area contributed by atoms with E-state index in [0.717, 1.165) is 35.3 Å². The molecule has 6 heteroatoms. The summed E-state index contributed by atoms with van der Waals surface area (Å²) in [5, 5.41) is 11.9. The molecule has 0 spiro atoms. The van der Waals surface area contributed by atoms with Crippen molar-refractivity contribution < 1.29 is 0 Å². The Morgan fingerprint density at radius 3 is 2.95 bits per heavy atom. The first kappa shape index (κ1) is 13.4. The Bertz CT molecular complexity index is 555. The molecule has 0 aliphatic carbocycles. The largest absolute Gasteiger partial charge is 0.369 e. The number of aryl methyl sites for hydroxylation is 1. The van der Waals surface area contributed by atoms with Gasteiger partial charge in [0.15, 0.2) is 0 Å². The first-order valence-electron chi connectivity index (χ1n) is 5.96. The number of hydrogen-bond donors (Lipinski definition) is 2. The molecule has 0 fully saturated rings. The van der Waals surface area contributed by atoms with Gasteiger partial charge in [0, 0.05) is 29.9 Å². The quantitative estimate of drug-likeness (QED) is 0.790. The van der Waals surface area contributed by atoms with E-state index in [0.29, 0.717) is 5.56 Å². The highest BCUT2D eigenvalue weighted by Gasteiger charge is 2.00. The number of aromatic amines is 1. The number of hydrogen-bond acceptors (Lipinski definition) is 5.